The maximum Gasteiger partial charge on any atom is 0.414 e. The summed E-state index contributed by atoms with van der Waals surface area (Å²) in [5.41, 5.74) is 4.13. The summed E-state index contributed by atoms with van der Waals surface area (Å²) < 4.78 is 76.5. The number of sulfonamides is 2. The molecule has 0 bridgehead atoms. The Balaban J connectivity index is 0.000000187. The molecule has 11 rings (SSSR count). The Morgan fingerprint density at radius 1 is 0.643 bits per heavy atom. The Bertz CT molecular complexity index is 3730. The van der Waals surface area contributed by atoms with Crippen molar-refractivity contribution in [3.05, 3.63) is 151 Å². The zero-order chi connectivity index (χ0) is 59.6. The van der Waals surface area contributed by atoms with Crippen molar-refractivity contribution in [3.63, 3.8) is 0 Å². The number of benzene rings is 4. The van der Waals surface area contributed by atoms with E-state index in [9.17, 15) is 36.3 Å². The molecule has 2 aliphatic carbocycles. The average molecular weight is 1230 g/mol. The number of cyclic esters (lactones) is 1. The van der Waals surface area contributed by atoms with Crippen LogP contribution in [0.3, 0.4) is 0 Å². The van der Waals surface area contributed by atoms with Crippen LogP contribution in [0.25, 0.3) is 11.4 Å². The van der Waals surface area contributed by atoms with Crippen LogP contribution in [-0.4, -0.2) is 147 Å². The summed E-state index contributed by atoms with van der Waals surface area (Å²) in [5, 5.41) is 22.4. The summed E-state index contributed by atoms with van der Waals surface area (Å²) in [7, 11) is -7.22. The Labute approximate surface area is 499 Å². The third kappa shape index (κ3) is 14.7. The lowest BCUT2D eigenvalue weighted by molar-refractivity contribution is 0.150. The highest BCUT2D eigenvalue weighted by Crippen LogP contribution is 2.46. The minimum absolute atomic E-state index is 0.0469. The van der Waals surface area contributed by atoms with Gasteiger partial charge in [-0.3, -0.25) is 14.5 Å². The second-order valence-corrected chi connectivity index (χ2v) is 27.8. The topological polar surface area (TPSA) is 231 Å². The standard InChI is InChI=1S/C30H34ClN5O6S.C29H36ClN5O5S/c1-21-18-35(29(38)42-21)24-7-3-5-22(15-24)19-43(39,40)34-13-11-33(12-14-34)26-17-32-36(25-8-4-6-23(31)16-25)28(37)27(26)41-20-30(2)9-10-30;1-21(36)17-31-24-7-3-5-22(15-24)19-41(38,39)34-13-11-33(12-14-34)26-18-32-35(25-8-4-6-23(30)16-25)28(37)27(26)40-20-29(2)9-10-29/h3-8,15-17,21H,9-14,18-20H2,1-2H3;3-8,15-16,18,21,31,36H,9-14,17,19-20H2,1-2H3. The number of carbonyl (C=O) groups is 1. The molecule has 5 fully saturated rings. The molecule has 1 amide bonds. The molecule has 3 saturated heterocycles. The van der Waals surface area contributed by atoms with Crippen LogP contribution in [-0.2, 0) is 36.3 Å². The summed E-state index contributed by atoms with van der Waals surface area (Å²) in [6.07, 6.45) is 6.22. The Morgan fingerprint density at radius 2 is 1.08 bits per heavy atom. The van der Waals surface area contributed by atoms with Crippen molar-refractivity contribution < 1.29 is 40.9 Å². The number of halogens is 2. The van der Waals surface area contributed by atoms with E-state index in [0.717, 1.165) is 31.4 Å². The molecule has 4 aromatic carbocycles. The molecular formula is C59H70Cl2N10O11S2. The highest BCUT2D eigenvalue weighted by Gasteiger charge is 2.41. The largest absolute Gasteiger partial charge is 0.486 e. The first-order valence-corrected chi connectivity index (χ1v) is 32.1. The molecule has 2 unspecified atom stereocenters. The highest BCUT2D eigenvalue weighted by molar-refractivity contribution is 7.88. The van der Waals surface area contributed by atoms with Gasteiger partial charge in [-0.2, -0.15) is 28.2 Å². The second kappa shape index (κ2) is 25.1. The fraction of sp³-hybridized carbons (Fsp3) is 0.441. The van der Waals surface area contributed by atoms with E-state index in [4.69, 9.17) is 37.4 Å². The number of nitrogens with one attached hydrogen (secondary N) is 1. The molecule has 5 aliphatic rings. The molecule has 2 saturated carbocycles. The maximum absolute atomic E-state index is 13.6. The van der Waals surface area contributed by atoms with Crippen molar-refractivity contribution in [1.82, 2.24) is 28.2 Å². The third-order valence-corrected chi connectivity index (χ3v) is 19.8. The molecule has 25 heteroatoms. The van der Waals surface area contributed by atoms with E-state index < -0.39 is 37.8 Å². The average Bonchev–Trinajstić information content (AvgIpc) is 2.69. The molecular weight excluding hydrogens is 1160 g/mol. The van der Waals surface area contributed by atoms with Crippen LogP contribution in [0.5, 0.6) is 11.5 Å². The van der Waals surface area contributed by atoms with Crippen molar-refractivity contribution in [3.8, 4) is 22.9 Å². The van der Waals surface area contributed by atoms with Gasteiger partial charge < -0.3 is 34.4 Å². The summed E-state index contributed by atoms with van der Waals surface area (Å²) in [6.45, 7) is 11.9. The van der Waals surface area contributed by atoms with Crippen LogP contribution in [0, 0.1) is 10.8 Å². The number of aliphatic hydroxyl groups excluding tert-OH is 1. The summed E-state index contributed by atoms with van der Waals surface area (Å²) >= 11 is 12.3. The van der Waals surface area contributed by atoms with E-state index in [2.05, 4.69) is 29.4 Å². The van der Waals surface area contributed by atoms with E-state index >= 15 is 0 Å². The minimum Gasteiger partial charge on any atom is -0.486 e. The van der Waals surface area contributed by atoms with Crippen LogP contribution in [0.1, 0.15) is 64.5 Å². The number of carbonyl (C=O) groups excluding carboxylic acids is 1. The number of amides is 1. The quantitative estimate of drug-likeness (QED) is 0.0750. The van der Waals surface area contributed by atoms with Gasteiger partial charge in [0.2, 0.25) is 31.5 Å². The highest BCUT2D eigenvalue weighted by atomic mass is 35.5. The SMILES string of the molecule is CC(O)CNc1cccc(CS(=O)(=O)N2CCN(c3cnn(-c4cccc(Cl)c4)c(=O)c3OCC3(C)CC3)CC2)c1.CC1CN(c2cccc(CS(=O)(=O)N3CCN(c4cnn(-c5cccc(Cl)c5)c(=O)c4OCC4(C)CC4)CC3)c2)C(=O)O1. The Hall–Kier alpha value is -6.73. The Kier molecular flexibility index (Phi) is 18.0. The van der Waals surface area contributed by atoms with Gasteiger partial charge in [0, 0.05) is 91.2 Å². The normalized spacial score (nSPS) is 19.0. The number of rotatable bonds is 20. The zero-order valence-electron chi connectivity index (χ0n) is 47.4. The summed E-state index contributed by atoms with van der Waals surface area (Å²) in [4.78, 5) is 44.8. The number of nitrogens with zero attached hydrogens (tertiary/aromatic N) is 9. The maximum atomic E-state index is 13.6. The molecule has 3 aliphatic heterocycles. The van der Waals surface area contributed by atoms with Crippen LogP contribution >= 0.6 is 23.2 Å². The molecule has 84 heavy (non-hydrogen) atoms. The lowest BCUT2D eigenvalue weighted by Gasteiger charge is -2.35. The fourth-order valence-corrected chi connectivity index (χ4v) is 13.4. The number of ether oxygens (including phenoxy) is 3. The van der Waals surface area contributed by atoms with Crippen molar-refractivity contribution in [1.29, 1.82) is 0 Å². The van der Waals surface area contributed by atoms with Gasteiger partial charge in [-0.1, -0.05) is 73.4 Å². The van der Waals surface area contributed by atoms with Crippen LogP contribution in [0.4, 0.5) is 27.5 Å². The molecule has 2 aromatic heterocycles. The number of hydrogen-bond acceptors (Lipinski definition) is 16. The van der Waals surface area contributed by atoms with Gasteiger partial charge in [0.1, 0.15) is 17.5 Å². The van der Waals surface area contributed by atoms with Crippen molar-refractivity contribution in [2.45, 2.75) is 77.1 Å². The van der Waals surface area contributed by atoms with Gasteiger partial charge >= 0.3 is 17.2 Å². The summed E-state index contributed by atoms with van der Waals surface area (Å²) in [6, 6.07) is 28.0. The number of hydrogen-bond donors (Lipinski definition) is 2. The molecule has 5 heterocycles. The molecule has 2 atom stereocenters. The van der Waals surface area contributed by atoms with Gasteiger partial charge in [-0.05, 0) is 111 Å². The fourth-order valence-electron chi connectivity index (χ4n) is 10.1. The first-order chi connectivity index (χ1) is 40.0. The van der Waals surface area contributed by atoms with Gasteiger partial charge in [0.25, 0.3) is 0 Å². The second-order valence-electron chi connectivity index (χ2n) is 23.0. The van der Waals surface area contributed by atoms with E-state index in [1.54, 1.807) is 110 Å². The van der Waals surface area contributed by atoms with Crippen LogP contribution in [0.2, 0.25) is 10.0 Å². The molecule has 0 spiro atoms. The molecule has 6 aromatic rings. The van der Waals surface area contributed by atoms with Gasteiger partial charge in [0.15, 0.2) is 0 Å². The lowest BCUT2D eigenvalue weighted by atomic mass is 10.2. The molecule has 21 nitrogen and oxygen atoms in total. The number of aliphatic hydroxyl groups is 1. The van der Waals surface area contributed by atoms with Gasteiger partial charge in [-0.25, -0.2) is 21.6 Å². The smallest absolute Gasteiger partial charge is 0.414 e. The van der Waals surface area contributed by atoms with Crippen molar-refractivity contribution >= 4 is 72.1 Å². The third-order valence-electron chi connectivity index (χ3n) is 15.6. The van der Waals surface area contributed by atoms with Gasteiger partial charge in [0.05, 0.1) is 61.1 Å². The predicted octanol–water partition coefficient (Wildman–Crippen LogP) is 7.57. The predicted molar refractivity (Wildman–Crippen MR) is 325 cm³/mol. The molecule has 0 radical (unpaired) electrons. The molecule has 448 valence electrons. The lowest BCUT2D eigenvalue weighted by Crippen LogP contribution is -2.49. The first kappa shape index (κ1) is 60.4. The number of anilines is 4. The minimum atomic E-state index is -3.65. The Morgan fingerprint density at radius 3 is 1.51 bits per heavy atom. The van der Waals surface area contributed by atoms with E-state index in [1.807, 2.05) is 22.8 Å². The van der Waals surface area contributed by atoms with Crippen molar-refractivity contribution in [2.75, 3.05) is 98.7 Å². The molecule has 2 N–H and O–H groups in total. The van der Waals surface area contributed by atoms with E-state index in [-0.39, 0.29) is 71.7 Å². The van der Waals surface area contributed by atoms with Gasteiger partial charge in [-0.15, -0.1) is 0 Å². The number of aromatic nitrogens is 4. The zero-order valence-corrected chi connectivity index (χ0v) is 50.5. The first-order valence-electron chi connectivity index (χ1n) is 28.1. The summed E-state index contributed by atoms with van der Waals surface area (Å²) in [5.74, 6) is 0.0992. The van der Waals surface area contributed by atoms with Crippen LogP contribution in [0.15, 0.2) is 119 Å². The monoisotopic (exact) mass is 1230 g/mol. The van der Waals surface area contributed by atoms with E-state index in [0.29, 0.717) is 102 Å². The van der Waals surface area contributed by atoms with Crippen molar-refractivity contribution in [2.24, 2.45) is 10.8 Å². The van der Waals surface area contributed by atoms with Crippen LogP contribution < -0.4 is 40.6 Å². The van der Waals surface area contributed by atoms with E-state index in [1.165, 1.54) is 22.9 Å². The number of piperazine rings is 2.